The molecule has 1 nitrogen and oxygen atoms in total. The molecule has 2 aromatic rings. The Kier molecular flexibility index (Phi) is 3.00. The van der Waals surface area contributed by atoms with Crippen molar-refractivity contribution in [2.45, 2.75) is 4.90 Å². The van der Waals surface area contributed by atoms with Gasteiger partial charge in [0.1, 0.15) is 0 Å². The second-order valence-electron chi connectivity index (χ2n) is 2.80. The van der Waals surface area contributed by atoms with Crippen LogP contribution in [0.5, 0.6) is 0 Å². The van der Waals surface area contributed by atoms with Gasteiger partial charge in [-0.15, -0.1) is 11.8 Å². The van der Waals surface area contributed by atoms with Crippen molar-refractivity contribution in [3.05, 3.63) is 33.9 Å². The van der Waals surface area contributed by atoms with Crippen LogP contribution in [0.1, 0.15) is 0 Å². The fourth-order valence-corrected chi connectivity index (χ4v) is 2.50. The average Bonchev–Trinajstić information content (AvgIpc) is 2.20. The van der Waals surface area contributed by atoms with Gasteiger partial charge in [0.05, 0.1) is 10.5 Å². The van der Waals surface area contributed by atoms with Crippen LogP contribution in [0, 0.1) is 0 Å². The molecule has 14 heavy (non-hydrogen) atoms. The minimum Gasteiger partial charge on any atom is -0.255 e. The topological polar surface area (TPSA) is 12.9 Å². The van der Waals surface area contributed by atoms with Crippen LogP contribution in [-0.4, -0.2) is 11.2 Å². The lowest BCUT2D eigenvalue weighted by atomic mass is 10.2. The van der Waals surface area contributed by atoms with E-state index >= 15 is 0 Å². The third-order valence-corrected chi connectivity index (χ3v) is 3.71. The molecule has 0 N–H and O–H groups in total. The first-order chi connectivity index (χ1) is 6.72. The lowest BCUT2D eigenvalue weighted by molar-refractivity contribution is 1.31. The fraction of sp³-hybridized carbons (Fsp3) is 0.100. The van der Waals surface area contributed by atoms with Gasteiger partial charge in [-0.3, -0.25) is 4.98 Å². The summed E-state index contributed by atoms with van der Waals surface area (Å²) in [6.45, 7) is 0. The van der Waals surface area contributed by atoms with Gasteiger partial charge in [0.25, 0.3) is 0 Å². The maximum absolute atomic E-state index is 6.23. The Morgan fingerprint density at radius 2 is 2.21 bits per heavy atom. The number of rotatable bonds is 1. The first-order valence-corrected chi connectivity index (χ1v) is 6.39. The average molecular weight is 289 g/mol. The first-order valence-electron chi connectivity index (χ1n) is 4.00. The summed E-state index contributed by atoms with van der Waals surface area (Å²) in [5.41, 5.74) is 0.927. The molecule has 0 fully saturated rings. The molecular weight excluding hydrogens is 282 g/mol. The van der Waals surface area contributed by atoms with Crippen LogP contribution < -0.4 is 0 Å². The van der Waals surface area contributed by atoms with Crippen LogP contribution in [0.25, 0.3) is 10.9 Å². The van der Waals surface area contributed by atoms with E-state index in [1.54, 1.807) is 11.8 Å². The minimum atomic E-state index is 0.781. The minimum absolute atomic E-state index is 0.781. The summed E-state index contributed by atoms with van der Waals surface area (Å²) in [5, 5.41) is 1.77. The third-order valence-electron chi connectivity index (χ3n) is 1.95. The third kappa shape index (κ3) is 1.76. The standard InChI is InChI=1S/C10H7BrClNS/c1-14-9-5-13-8-3-2-6(11)4-7(8)10(9)12/h2-5H,1H3. The normalized spacial score (nSPS) is 10.8. The van der Waals surface area contributed by atoms with E-state index in [0.29, 0.717) is 0 Å². The van der Waals surface area contributed by atoms with E-state index in [9.17, 15) is 0 Å². The highest BCUT2D eigenvalue weighted by atomic mass is 79.9. The fourth-order valence-electron chi connectivity index (χ4n) is 1.26. The van der Waals surface area contributed by atoms with E-state index in [1.165, 1.54) is 0 Å². The molecule has 1 aromatic heterocycles. The maximum Gasteiger partial charge on any atom is 0.0718 e. The summed E-state index contributed by atoms with van der Waals surface area (Å²) in [6, 6.07) is 5.91. The molecule has 0 saturated heterocycles. The summed E-state index contributed by atoms with van der Waals surface area (Å²) in [6.07, 6.45) is 3.80. The van der Waals surface area contributed by atoms with Crippen molar-refractivity contribution >= 4 is 50.2 Å². The molecule has 1 aromatic carbocycles. The van der Waals surface area contributed by atoms with E-state index in [1.807, 2.05) is 30.7 Å². The van der Waals surface area contributed by atoms with Gasteiger partial charge in [-0.05, 0) is 24.5 Å². The van der Waals surface area contributed by atoms with Crippen molar-refractivity contribution in [2.24, 2.45) is 0 Å². The molecule has 0 unspecified atom stereocenters. The van der Waals surface area contributed by atoms with Gasteiger partial charge in [0.2, 0.25) is 0 Å². The highest BCUT2D eigenvalue weighted by Gasteiger charge is 2.05. The smallest absolute Gasteiger partial charge is 0.0718 e. The summed E-state index contributed by atoms with van der Waals surface area (Å²) in [5.74, 6) is 0. The summed E-state index contributed by atoms with van der Waals surface area (Å²) in [4.78, 5) is 5.34. The van der Waals surface area contributed by atoms with Gasteiger partial charge >= 0.3 is 0 Å². The first kappa shape index (κ1) is 10.3. The summed E-state index contributed by atoms with van der Waals surface area (Å²) < 4.78 is 1.02. The maximum atomic E-state index is 6.23. The summed E-state index contributed by atoms with van der Waals surface area (Å²) in [7, 11) is 0. The molecule has 0 bridgehead atoms. The number of halogens is 2. The van der Waals surface area contributed by atoms with Gasteiger partial charge in [-0.1, -0.05) is 27.5 Å². The van der Waals surface area contributed by atoms with Crippen molar-refractivity contribution in [3.63, 3.8) is 0 Å². The largest absolute Gasteiger partial charge is 0.255 e. The molecule has 72 valence electrons. The van der Waals surface area contributed by atoms with Crippen LogP contribution in [0.15, 0.2) is 33.8 Å². The molecule has 2 rings (SSSR count). The van der Waals surface area contributed by atoms with Gasteiger partial charge in [0.15, 0.2) is 0 Å². The molecule has 0 saturated carbocycles. The predicted molar refractivity (Wildman–Crippen MR) is 66.2 cm³/mol. The van der Waals surface area contributed by atoms with Crippen molar-refractivity contribution < 1.29 is 0 Å². The summed E-state index contributed by atoms with van der Waals surface area (Å²) >= 11 is 11.3. The van der Waals surface area contributed by atoms with E-state index in [-0.39, 0.29) is 0 Å². The Bertz CT molecular complexity index is 487. The van der Waals surface area contributed by atoms with Crippen LogP contribution in [0.4, 0.5) is 0 Å². The lowest BCUT2D eigenvalue weighted by Crippen LogP contribution is -1.82. The lowest BCUT2D eigenvalue weighted by Gasteiger charge is -2.04. The number of aromatic nitrogens is 1. The van der Waals surface area contributed by atoms with Crippen LogP contribution in [-0.2, 0) is 0 Å². The van der Waals surface area contributed by atoms with E-state index in [2.05, 4.69) is 20.9 Å². The predicted octanol–water partition coefficient (Wildman–Crippen LogP) is 4.37. The number of fused-ring (bicyclic) bond motifs is 1. The second-order valence-corrected chi connectivity index (χ2v) is 4.94. The highest BCUT2D eigenvalue weighted by molar-refractivity contribution is 9.10. The van der Waals surface area contributed by atoms with Crippen molar-refractivity contribution in [3.8, 4) is 0 Å². The highest BCUT2D eigenvalue weighted by Crippen LogP contribution is 2.32. The molecule has 0 aliphatic carbocycles. The SMILES string of the molecule is CSc1cnc2ccc(Br)cc2c1Cl. The van der Waals surface area contributed by atoms with Crippen molar-refractivity contribution in [1.82, 2.24) is 4.98 Å². The van der Waals surface area contributed by atoms with Gasteiger partial charge in [-0.2, -0.15) is 0 Å². The van der Waals surface area contributed by atoms with E-state index in [0.717, 1.165) is 25.3 Å². The molecular formula is C10H7BrClNS. The van der Waals surface area contributed by atoms with Crippen LogP contribution in [0.2, 0.25) is 5.02 Å². The van der Waals surface area contributed by atoms with Gasteiger partial charge < -0.3 is 0 Å². The number of pyridine rings is 1. The Morgan fingerprint density at radius 3 is 2.93 bits per heavy atom. The van der Waals surface area contributed by atoms with Gasteiger partial charge in [0, 0.05) is 21.0 Å². The molecule has 4 heteroatoms. The van der Waals surface area contributed by atoms with Crippen molar-refractivity contribution in [1.29, 1.82) is 0 Å². The zero-order valence-corrected chi connectivity index (χ0v) is 10.6. The molecule has 0 spiro atoms. The van der Waals surface area contributed by atoms with E-state index < -0.39 is 0 Å². The Balaban J connectivity index is 2.79. The zero-order valence-electron chi connectivity index (χ0n) is 7.42. The molecule has 0 aliphatic heterocycles. The Hall–Kier alpha value is -0.250. The number of hydrogen-bond acceptors (Lipinski definition) is 2. The van der Waals surface area contributed by atoms with Crippen LogP contribution in [0.3, 0.4) is 0 Å². The van der Waals surface area contributed by atoms with Crippen molar-refractivity contribution in [2.75, 3.05) is 6.26 Å². The number of benzene rings is 1. The van der Waals surface area contributed by atoms with Gasteiger partial charge in [-0.25, -0.2) is 0 Å². The number of hydrogen-bond donors (Lipinski definition) is 0. The quantitative estimate of drug-likeness (QED) is 0.723. The number of nitrogens with zero attached hydrogens (tertiary/aromatic N) is 1. The van der Waals surface area contributed by atoms with E-state index in [4.69, 9.17) is 11.6 Å². The monoisotopic (exact) mass is 287 g/mol. The second kappa shape index (κ2) is 4.09. The molecule has 0 aliphatic rings. The molecule has 0 amide bonds. The molecule has 1 heterocycles. The zero-order chi connectivity index (χ0) is 10.1. The Labute approximate surface area is 100.0 Å². The molecule has 0 atom stereocenters. The number of thioether (sulfide) groups is 1. The van der Waals surface area contributed by atoms with Crippen LogP contribution >= 0.6 is 39.3 Å². The molecule has 0 radical (unpaired) electrons. The Morgan fingerprint density at radius 1 is 1.43 bits per heavy atom.